The zero-order valence-electron chi connectivity index (χ0n) is 13.2. The molecule has 23 heavy (non-hydrogen) atoms. The van der Waals surface area contributed by atoms with E-state index in [0.717, 1.165) is 11.3 Å². The molecule has 0 fully saturated rings. The summed E-state index contributed by atoms with van der Waals surface area (Å²) in [5, 5.41) is 2.85. The van der Waals surface area contributed by atoms with Crippen LogP contribution in [0.5, 0.6) is 17.2 Å². The van der Waals surface area contributed by atoms with Crippen molar-refractivity contribution in [1.82, 2.24) is 0 Å². The summed E-state index contributed by atoms with van der Waals surface area (Å²) in [7, 11) is 4.70. The van der Waals surface area contributed by atoms with Gasteiger partial charge in [-0.25, -0.2) is 0 Å². The Hall–Kier alpha value is -2.95. The number of para-hydroxylation sites is 1. The van der Waals surface area contributed by atoms with Gasteiger partial charge in [-0.1, -0.05) is 18.2 Å². The molecule has 5 nitrogen and oxygen atoms in total. The molecule has 1 heterocycles. The molecule has 0 aromatic heterocycles. The van der Waals surface area contributed by atoms with E-state index in [0.29, 0.717) is 28.4 Å². The molecule has 0 unspecified atom stereocenters. The van der Waals surface area contributed by atoms with Gasteiger partial charge < -0.3 is 19.5 Å². The first-order chi connectivity index (χ1) is 11.2. The summed E-state index contributed by atoms with van der Waals surface area (Å²) >= 11 is 0. The standard InChI is InChI=1S/C18H17NO4/c1-21-15-8-9-16(22-2)17(23-3)13(15)10-12-11-6-4-5-7-14(11)19-18(12)20/h4-10H,1-3H3,(H,19,20). The minimum absolute atomic E-state index is 0.155. The van der Waals surface area contributed by atoms with Gasteiger partial charge in [0.1, 0.15) is 5.75 Å². The number of nitrogens with one attached hydrogen (secondary N) is 1. The lowest BCUT2D eigenvalue weighted by Gasteiger charge is -2.14. The molecule has 1 aliphatic rings. The smallest absolute Gasteiger partial charge is 0.256 e. The first-order valence-corrected chi connectivity index (χ1v) is 7.11. The highest BCUT2D eigenvalue weighted by Crippen LogP contribution is 2.41. The van der Waals surface area contributed by atoms with Crippen molar-refractivity contribution in [2.24, 2.45) is 0 Å². The van der Waals surface area contributed by atoms with Crippen molar-refractivity contribution in [3.8, 4) is 17.2 Å². The highest BCUT2D eigenvalue weighted by atomic mass is 16.5. The first-order valence-electron chi connectivity index (χ1n) is 7.11. The highest BCUT2D eigenvalue weighted by molar-refractivity contribution is 6.35. The molecule has 1 N–H and O–H groups in total. The van der Waals surface area contributed by atoms with Crippen molar-refractivity contribution in [2.45, 2.75) is 0 Å². The molecule has 2 aromatic rings. The fourth-order valence-electron chi connectivity index (χ4n) is 2.67. The predicted octanol–water partition coefficient (Wildman–Crippen LogP) is 3.21. The Bertz CT molecular complexity index is 796. The van der Waals surface area contributed by atoms with E-state index < -0.39 is 0 Å². The van der Waals surface area contributed by atoms with E-state index in [1.807, 2.05) is 24.3 Å². The first kappa shape index (κ1) is 15.0. The van der Waals surface area contributed by atoms with Crippen molar-refractivity contribution in [1.29, 1.82) is 0 Å². The molecular weight excluding hydrogens is 294 g/mol. The summed E-state index contributed by atoms with van der Waals surface area (Å²) in [6.07, 6.45) is 1.77. The molecule has 3 rings (SSSR count). The number of methoxy groups -OCH3 is 3. The van der Waals surface area contributed by atoms with Crippen LogP contribution in [0, 0.1) is 0 Å². The lowest BCUT2D eigenvalue weighted by molar-refractivity contribution is -0.110. The van der Waals surface area contributed by atoms with Crippen LogP contribution in [-0.2, 0) is 4.79 Å². The Morgan fingerprint density at radius 2 is 1.61 bits per heavy atom. The lowest BCUT2D eigenvalue weighted by atomic mass is 10.0. The Morgan fingerprint density at radius 1 is 0.913 bits per heavy atom. The molecule has 1 aliphatic heterocycles. The van der Waals surface area contributed by atoms with E-state index in [2.05, 4.69) is 5.32 Å². The number of carbonyl (C=O) groups is 1. The van der Waals surface area contributed by atoms with Crippen molar-refractivity contribution in [3.63, 3.8) is 0 Å². The summed E-state index contributed by atoms with van der Waals surface area (Å²) in [6, 6.07) is 11.1. The number of carbonyl (C=O) groups excluding carboxylic acids is 1. The third-order valence-electron chi connectivity index (χ3n) is 3.76. The van der Waals surface area contributed by atoms with Gasteiger partial charge in [0.15, 0.2) is 11.5 Å². The van der Waals surface area contributed by atoms with E-state index >= 15 is 0 Å². The van der Waals surface area contributed by atoms with Gasteiger partial charge in [-0.05, 0) is 24.3 Å². The SMILES string of the molecule is COc1ccc(OC)c(OC)c1C=C1C(=O)Nc2ccccc21. The van der Waals surface area contributed by atoms with Crippen LogP contribution in [0.1, 0.15) is 11.1 Å². The molecule has 5 heteroatoms. The van der Waals surface area contributed by atoms with E-state index in [1.165, 1.54) is 0 Å². The van der Waals surface area contributed by atoms with Crippen LogP contribution in [-0.4, -0.2) is 27.2 Å². The summed E-state index contributed by atoms with van der Waals surface area (Å²) in [5.74, 6) is 1.55. The van der Waals surface area contributed by atoms with Crippen LogP contribution in [0.4, 0.5) is 5.69 Å². The lowest BCUT2D eigenvalue weighted by Crippen LogP contribution is -2.04. The second kappa shape index (κ2) is 6.04. The summed E-state index contributed by atoms with van der Waals surface area (Å²) in [4.78, 5) is 12.3. The number of anilines is 1. The predicted molar refractivity (Wildman–Crippen MR) is 89.0 cm³/mol. The maximum atomic E-state index is 12.3. The van der Waals surface area contributed by atoms with Crippen molar-refractivity contribution in [3.05, 3.63) is 47.5 Å². The topological polar surface area (TPSA) is 56.8 Å². The monoisotopic (exact) mass is 311 g/mol. The number of rotatable bonds is 4. The number of fused-ring (bicyclic) bond motifs is 1. The van der Waals surface area contributed by atoms with Gasteiger partial charge in [0.05, 0.1) is 26.9 Å². The van der Waals surface area contributed by atoms with Gasteiger partial charge in [-0.3, -0.25) is 4.79 Å². The second-order valence-corrected chi connectivity index (χ2v) is 4.97. The average molecular weight is 311 g/mol. The second-order valence-electron chi connectivity index (χ2n) is 4.97. The van der Waals surface area contributed by atoms with E-state index in [-0.39, 0.29) is 5.91 Å². The van der Waals surface area contributed by atoms with Crippen LogP contribution in [0.25, 0.3) is 11.6 Å². The van der Waals surface area contributed by atoms with Crippen LogP contribution in [0.2, 0.25) is 0 Å². The molecular formula is C18H17NO4. The van der Waals surface area contributed by atoms with Crippen molar-refractivity contribution in [2.75, 3.05) is 26.6 Å². The number of ether oxygens (including phenoxy) is 3. The van der Waals surface area contributed by atoms with Gasteiger partial charge in [-0.2, -0.15) is 0 Å². The Kier molecular flexibility index (Phi) is 3.93. The third kappa shape index (κ3) is 2.50. The van der Waals surface area contributed by atoms with Crippen LogP contribution >= 0.6 is 0 Å². The molecule has 0 saturated carbocycles. The third-order valence-corrected chi connectivity index (χ3v) is 3.76. The van der Waals surface area contributed by atoms with Crippen LogP contribution in [0.3, 0.4) is 0 Å². The van der Waals surface area contributed by atoms with E-state index in [4.69, 9.17) is 14.2 Å². The van der Waals surface area contributed by atoms with Gasteiger partial charge in [0.25, 0.3) is 5.91 Å². The molecule has 0 radical (unpaired) electrons. The molecule has 2 aromatic carbocycles. The molecule has 118 valence electrons. The summed E-state index contributed by atoms with van der Waals surface area (Å²) in [6.45, 7) is 0. The zero-order valence-corrected chi connectivity index (χ0v) is 13.2. The quantitative estimate of drug-likeness (QED) is 0.881. The van der Waals surface area contributed by atoms with Crippen LogP contribution in [0.15, 0.2) is 36.4 Å². The Morgan fingerprint density at radius 3 is 2.30 bits per heavy atom. The maximum absolute atomic E-state index is 12.3. The number of hydrogen-bond acceptors (Lipinski definition) is 4. The fourth-order valence-corrected chi connectivity index (χ4v) is 2.67. The fraction of sp³-hybridized carbons (Fsp3) is 0.167. The average Bonchev–Trinajstić information content (AvgIpc) is 2.90. The van der Waals surface area contributed by atoms with Gasteiger partial charge >= 0.3 is 0 Å². The van der Waals surface area contributed by atoms with Crippen molar-refractivity contribution >= 4 is 23.2 Å². The normalized spacial score (nSPS) is 14.4. The highest BCUT2D eigenvalue weighted by Gasteiger charge is 2.25. The Labute approximate surface area is 134 Å². The number of amides is 1. The molecule has 0 atom stereocenters. The van der Waals surface area contributed by atoms with Gasteiger partial charge in [0.2, 0.25) is 0 Å². The Balaban J connectivity index is 2.21. The number of hydrogen-bond donors (Lipinski definition) is 1. The molecule has 0 spiro atoms. The zero-order chi connectivity index (χ0) is 16.4. The number of benzene rings is 2. The summed E-state index contributed by atoms with van der Waals surface area (Å²) < 4.78 is 16.2. The minimum Gasteiger partial charge on any atom is -0.496 e. The molecule has 0 aliphatic carbocycles. The minimum atomic E-state index is -0.155. The molecule has 0 bridgehead atoms. The van der Waals surface area contributed by atoms with E-state index in [9.17, 15) is 4.79 Å². The van der Waals surface area contributed by atoms with Gasteiger partial charge in [0, 0.05) is 16.8 Å². The summed E-state index contributed by atoms with van der Waals surface area (Å²) in [5.41, 5.74) is 2.87. The largest absolute Gasteiger partial charge is 0.496 e. The van der Waals surface area contributed by atoms with Gasteiger partial charge in [-0.15, -0.1) is 0 Å². The maximum Gasteiger partial charge on any atom is 0.256 e. The van der Waals surface area contributed by atoms with Crippen LogP contribution < -0.4 is 19.5 Å². The molecule has 0 saturated heterocycles. The van der Waals surface area contributed by atoms with E-state index in [1.54, 1.807) is 39.5 Å². The van der Waals surface area contributed by atoms with Crippen molar-refractivity contribution < 1.29 is 19.0 Å². The molecule has 1 amide bonds.